The van der Waals surface area contributed by atoms with Crippen LogP contribution in [0.25, 0.3) is 0 Å². The molecule has 0 aliphatic carbocycles. The second kappa shape index (κ2) is 11.6. The second-order valence-corrected chi connectivity index (χ2v) is 9.24. The number of Topliss-reactive ketones (excluding diaryl/α,β-unsaturated/α-hetero) is 1. The van der Waals surface area contributed by atoms with Crippen LogP contribution in [0.3, 0.4) is 0 Å². The van der Waals surface area contributed by atoms with Crippen LogP contribution in [0.5, 0.6) is 0 Å². The fourth-order valence-electron chi connectivity index (χ4n) is 3.53. The van der Waals surface area contributed by atoms with Crippen molar-refractivity contribution in [2.75, 3.05) is 13.2 Å². The Hall–Kier alpha value is -3.07. The van der Waals surface area contributed by atoms with Gasteiger partial charge in [-0.25, -0.2) is 9.59 Å². The van der Waals surface area contributed by atoms with Crippen LogP contribution in [0, 0.1) is 0 Å². The van der Waals surface area contributed by atoms with Crippen LogP contribution >= 0.6 is 15.9 Å². The third-order valence-electron chi connectivity index (χ3n) is 5.37. The first-order chi connectivity index (χ1) is 16.6. The standard InChI is InChI=1S/C26H26BrF2NO5/c1-17(2)35-24(32)19-8-6-18(7-9-19)12-14-30-22(13-15-34-25(30)33)10-11-23(31)26(28,29)20-4-3-5-21(27)16-20/h3-10,16-17H,11-15H2,1-2H3. The van der Waals surface area contributed by atoms with Crippen LogP contribution in [-0.2, 0) is 26.6 Å². The Kier molecular flexibility index (Phi) is 8.77. The van der Waals surface area contributed by atoms with E-state index in [-0.39, 0.29) is 19.3 Å². The van der Waals surface area contributed by atoms with E-state index in [2.05, 4.69) is 15.9 Å². The molecule has 1 aliphatic rings. The normalized spacial score (nSPS) is 15.3. The monoisotopic (exact) mass is 549 g/mol. The van der Waals surface area contributed by atoms with Crippen molar-refractivity contribution in [2.45, 2.75) is 45.1 Å². The van der Waals surface area contributed by atoms with Gasteiger partial charge in [-0.15, -0.1) is 0 Å². The Labute approximate surface area is 211 Å². The SMILES string of the molecule is CC(C)OC(=O)c1ccc(CCN2C(=O)OCCC2=CCC(=O)C(F)(F)c2cccc(Br)c2)cc1. The van der Waals surface area contributed by atoms with Crippen LogP contribution in [0.1, 0.15) is 48.2 Å². The maximum Gasteiger partial charge on any atom is 0.414 e. The molecule has 0 saturated carbocycles. The summed E-state index contributed by atoms with van der Waals surface area (Å²) in [7, 11) is 0. The summed E-state index contributed by atoms with van der Waals surface area (Å²) < 4.78 is 40.0. The highest BCUT2D eigenvalue weighted by Crippen LogP contribution is 2.32. The van der Waals surface area contributed by atoms with Crippen molar-refractivity contribution in [3.8, 4) is 0 Å². The van der Waals surface area contributed by atoms with Gasteiger partial charge >= 0.3 is 18.0 Å². The summed E-state index contributed by atoms with van der Waals surface area (Å²) >= 11 is 3.14. The minimum Gasteiger partial charge on any atom is -0.459 e. The van der Waals surface area contributed by atoms with Gasteiger partial charge in [0.05, 0.1) is 18.3 Å². The van der Waals surface area contributed by atoms with Gasteiger partial charge in [0, 0.05) is 35.1 Å². The molecule has 0 unspecified atom stereocenters. The highest BCUT2D eigenvalue weighted by molar-refractivity contribution is 9.10. The molecule has 3 rings (SSSR count). The Bertz CT molecular complexity index is 1110. The molecule has 0 atom stereocenters. The first-order valence-corrected chi connectivity index (χ1v) is 12.0. The number of alkyl halides is 2. The van der Waals surface area contributed by atoms with Crippen molar-refractivity contribution in [2.24, 2.45) is 0 Å². The van der Waals surface area contributed by atoms with E-state index < -0.39 is 35.8 Å². The van der Waals surface area contributed by atoms with Gasteiger partial charge in [0.25, 0.3) is 0 Å². The van der Waals surface area contributed by atoms with Crippen LogP contribution in [0.15, 0.2) is 64.8 Å². The highest BCUT2D eigenvalue weighted by Gasteiger charge is 2.40. The molecule has 0 bridgehead atoms. The van der Waals surface area contributed by atoms with Gasteiger partial charge in [-0.2, -0.15) is 8.78 Å². The Balaban J connectivity index is 1.66. The molecule has 1 heterocycles. The fourth-order valence-corrected chi connectivity index (χ4v) is 3.93. The number of allylic oxidation sites excluding steroid dienone is 1. The largest absolute Gasteiger partial charge is 0.459 e. The number of carbonyl (C=O) groups excluding carboxylic acids is 3. The number of rotatable bonds is 9. The number of ketones is 1. The average molecular weight is 550 g/mol. The minimum atomic E-state index is -3.65. The number of ether oxygens (including phenoxy) is 2. The Morgan fingerprint density at radius 3 is 2.57 bits per heavy atom. The van der Waals surface area contributed by atoms with E-state index in [0.29, 0.717) is 28.6 Å². The maximum atomic E-state index is 14.6. The molecule has 0 spiro atoms. The third kappa shape index (κ3) is 6.97. The second-order valence-electron chi connectivity index (χ2n) is 8.32. The van der Waals surface area contributed by atoms with Gasteiger partial charge in [-0.3, -0.25) is 9.69 Å². The van der Waals surface area contributed by atoms with E-state index in [1.807, 2.05) is 0 Å². The number of cyclic esters (lactones) is 1. The van der Waals surface area contributed by atoms with E-state index in [1.165, 1.54) is 29.2 Å². The molecule has 0 N–H and O–H groups in total. The molecule has 2 aromatic rings. The van der Waals surface area contributed by atoms with Crippen LogP contribution < -0.4 is 0 Å². The fraction of sp³-hybridized carbons (Fsp3) is 0.346. The van der Waals surface area contributed by atoms with Gasteiger partial charge in [0.15, 0.2) is 0 Å². The van der Waals surface area contributed by atoms with Crippen molar-refractivity contribution in [1.82, 2.24) is 4.90 Å². The van der Waals surface area contributed by atoms with Gasteiger partial charge in [-0.1, -0.05) is 46.3 Å². The topological polar surface area (TPSA) is 72.9 Å². The molecule has 9 heteroatoms. The Morgan fingerprint density at radius 2 is 1.91 bits per heavy atom. The van der Waals surface area contributed by atoms with Crippen molar-refractivity contribution < 1.29 is 32.6 Å². The zero-order valence-corrected chi connectivity index (χ0v) is 21.0. The van der Waals surface area contributed by atoms with Gasteiger partial charge in [0.2, 0.25) is 5.78 Å². The van der Waals surface area contributed by atoms with E-state index in [0.717, 1.165) is 5.56 Å². The van der Waals surface area contributed by atoms with Crippen LogP contribution in [0.2, 0.25) is 0 Å². The summed E-state index contributed by atoms with van der Waals surface area (Å²) in [4.78, 5) is 38.0. The number of halogens is 3. The summed E-state index contributed by atoms with van der Waals surface area (Å²) in [5.74, 6) is -5.33. The number of hydrogen-bond donors (Lipinski definition) is 0. The molecule has 186 valence electrons. The predicted octanol–water partition coefficient (Wildman–Crippen LogP) is 6.03. The summed E-state index contributed by atoms with van der Waals surface area (Å²) in [5.41, 5.74) is 1.36. The van der Waals surface area contributed by atoms with Crippen molar-refractivity contribution in [3.05, 3.63) is 81.5 Å². The molecule has 1 aliphatic heterocycles. The molecule has 1 fully saturated rings. The molecular weight excluding hydrogens is 524 g/mol. The summed E-state index contributed by atoms with van der Waals surface area (Å²) in [6.07, 6.45) is 0.797. The highest BCUT2D eigenvalue weighted by atomic mass is 79.9. The van der Waals surface area contributed by atoms with E-state index in [1.54, 1.807) is 44.2 Å². The zero-order chi connectivity index (χ0) is 25.6. The molecule has 0 radical (unpaired) electrons. The van der Waals surface area contributed by atoms with Crippen LogP contribution in [-0.4, -0.2) is 42.0 Å². The lowest BCUT2D eigenvalue weighted by molar-refractivity contribution is -0.143. The summed E-state index contributed by atoms with van der Waals surface area (Å²) in [6, 6.07) is 12.3. The molecular formula is C26H26BrF2NO5. The molecule has 1 saturated heterocycles. The third-order valence-corrected chi connectivity index (χ3v) is 5.86. The quantitative estimate of drug-likeness (QED) is 0.357. The number of carbonyl (C=O) groups is 3. The predicted molar refractivity (Wildman–Crippen MR) is 129 cm³/mol. The zero-order valence-electron chi connectivity index (χ0n) is 19.4. The number of hydrogen-bond acceptors (Lipinski definition) is 5. The number of benzene rings is 2. The maximum absolute atomic E-state index is 14.6. The van der Waals surface area contributed by atoms with Crippen LogP contribution in [0.4, 0.5) is 13.6 Å². The number of nitrogens with zero attached hydrogens (tertiary/aromatic N) is 1. The first-order valence-electron chi connectivity index (χ1n) is 11.2. The molecule has 6 nitrogen and oxygen atoms in total. The lowest BCUT2D eigenvalue weighted by Gasteiger charge is -2.29. The molecule has 35 heavy (non-hydrogen) atoms. The lowest BCUT2D eigenvalue weighted by atomic mass is 10.0. The van der Waals surface area contributed by atoms with Crippen molar-refractivity contribution in [1.29, 1.82) is 0 Å². The lowest BCUT2D eigenvalue weighted by Crippen LogP contribution is -2.37. The smallest absolute Gasteiger partial charge is 0.414 e. The van der Waals surface area contributed by atoms with Gasteiger partial charge in [-0.05, 0) is 50.1 Å². The molecule has 0 aromatic heterocycles. The number of esters is 1. The summed E-state index contributed by atoms with van der Waals surface area (Å²) in [6.45, 7) is 3.88. The van der Waals surface area contributed by atoms with E-state index >= 15 is 0 Å². The Morgan fingerprint density at radius 1 is 1.20 bits per heavy atom. The van der Waals surface area contributed by atoms with Crippen molar-refractivity contribution in [3.63, 3.8) is 0 Å². The first kappa shape index (κ1) is 26.5. The van der Waals surface area contributed by atoms with E-state index in [9.17, 15) is 23.2 Å². The van der Waals surface area contributed by atoms with Gasteiger partial charge in [0.1, 0.15) is 0 Å². The van der Waals surface area contributed by atoms with Gasteiger partial charge < -0.3 is 9.47 Å². The van der Waals surface area contributed by atoms with E-state index in [4.69, 9.17) is 9.47 Å². The average Bonchev–Trinajstić information content (AvgIpc) is 2.81. The molecule has 2 aromatic carbocycles. The van der Waals surface area contributed by atoms with Crippen molar-refractivity contribution >= 4 is 33.8 Å². The molecule has 1 amide bonds. The number of amides is 1. The minimum absolute atomic E-state index is 0.115. The summed E-state index contributed by atoms with van der Waals surface area (Å²) in [5, 5.41) is 0.